The fourth-order valence-corrected chi connectivity index (χ4v) is 4.55. The van der Waals surface area contributed by atoms with Crippen LogP contribution in [0.2, 0.25) is 0 Å². The molecule has 1 aliphatic heterocycles. The van der Waals surface area contributed by atoms with E-state index in [1.54, 1.807) is 10.9 Å². The molecule has 1 atom stereocenters. The summed E-state index contributed by atoms with van der Waals surface area (Å²) in [6, 6.07) is 7.90. The SMILES string of the molecule is CCCOc1ccc(CN2CC(CNC(=O)c3cn(CC4CCCC4)nn3)CC2=O)cc1. The lowest BCUT2D eigenvalue weighted by atomic mass is 10.1. The van der Waals surface area contributed by atoms with Crippen LogP contribution in [-0.4, -0.2) is 51.4 Å². The molecule has 0 spiro atoms. The predicted octanol–water partition coefficient (Wildman–Crippen LogP) is 3.04. The van der Waals surface area contributed by atoms with Gasteiger partial charge in [-0.25, -0.2) is 0 Å². The molecule has 1 unspecified atom stereocenters. The van der Waals surface area contributed by atoms with Gasteiger partial charge in [-0.1, -0.05) is 37.1 Å². The third kappa shape index (κ3) is 5.87. The molecule has 1 N–H and O–H groups in total. The van der Waals surface area contributed by atoms with Gasteiger partial charge in [-0.05, 0) is 42.9 Å². The van der Waals surface area contributed by atoms with Crippen LogP contribution in [0.3, 0.4) is 0 Å². The highest BCUT2D eigenvalue weighted by Gasteiger charge is 2.30. The minimum Gasteiger partial charge on any atom is -0.494 e. The molecule has 172 valence electrons. The molecule has 1 saturated carbocycles. The zero-order chi connectivity index (χ0) is 22.3. The number of nitrogens with one attached hydrogen (secondary N) is 1. The van der Waals surface area contributed by atoms with Crippen LogP contribution in [0.15, 0.2) is 30.5 Å². The monoisotopic (exact) mass is 439 g/mol. The molecule has 8 heteroatoms. The standard InChI is InChI=1S/C24H33N5O3/c1-2-11-32-21-9-7-19(8-10-21)14-28-15-20(12-23(28)30)13-25-24(31)22-17-29(27-26-22)16-18-5-3-4-6-18/h7-10,17-18,20H,2-6,11-16H2,1H3,(H,25,31). The molecule has 1 aromatic heterocycles. The highest BCUT2D eigenvalue weighted by molar-refractivity contribution is 5.91. The van der Waals surface area contributed by atoms with Crippen molar-refractivity contribution in [2.75, 3.05) is 19.7 Å². The van der Waals surface area contributed by atoms with Crippen molar-refractivity contribution < 1.29 is 14.3 Å². The number of rotatable bonds is 10. The summed E-state index contributed by atoms with van der Waals surface area (Å²) in [7, 11) is 0. The Hall–Kier alpha value is -2.90. The summed E-state index contributed by atoms with van der Waals surface area (Å²) in [5.41, 5.74) is 1.42. The number of likely N-dealkylation sites (tertiary alicyclic amines) is 1. The van der Waals surface area contributed by atoms with Crippen molar-refractivity contribution in [1.82, 2.24) is 25.2 Å². The largest absolute Gasteiger partial charge is 0.494 e. The van der Waals surface area contributed by atoms with Gasteiger partial charge in [-0.3, -0.25) is 14.3 Å². The fourth-order valence-electron chi connectivity index (χ4n) is 4.55. The van der Waals surface area contributed by atoms with Crippen LogP contribution in [0.4, 0.5) is 0 Å². The van der Waals surface area contributed by atoms with Crippen molar-refractivity contribution in [2.45, 2.75) is 58.5 Å². The van der Waals surface area contributed by atoms with E-state index in [1.165, 1.54) is 25.7 Å². The van der Waals surface area contributed by atoms with E-state index in [2.05, 4.69) is 22.6 Å². The third-order valence-electron chi connectivity index (χ3n) is 6.31. The first-order chi connectivity index (χ1) is 15.6. The van der Waals surface area contributed by atoms with E-state index in [9.17, 15) is 9.59 Å². The molecule has 0 bridgehead atoms. The van der Waals surface area contributed by atoms with Crippen molar-refractivity contribution in [3.8, 4) is 5.75 Å². The van der Waals surface area contributed by atoms with Gasteiger partial charge < -0.3 is 15.0 Å². The van der Waals surface area contributed by atoms with Gasteiger partial charge in [0.2, 0.25) is 5.91 Å². The Kier molecular flexibility index (Phi) is 7.39. The van der Waals surface area contributed by atoms with E-state index in [0.29, 0.717) is 44.3 Å². The number of hydrogen-bond donors (Lipinski definition) is 1. The number of aromatic nitrogens is 3. The van der Waals surface area contributed by atoms with Gasteiger partial charge in [0.25, 0.3) is 5.91 Å². The summed E-state index contributed by atoms with van der Waals surface area (Å²) in [4.78, 5) is 26.8. The van der Waals surface area contributed by atoms with Crippen molar-refractivity contribution in [3.63, 3.8) is 0 Å². The second-order valence-corrected chi connectivity index (χ2v) is 9.02. The van der Waals surface area contributed by atoms with Gasteiger partial charge in [0.15, 0.2) is 5.69 Å². The molecule has 2 fully saturated rings. The first-order valence-electron chi connectivity index (χ1n) is 11.8. The van der Waals surface area contributed by atoms with Crippen LogP contribution in [-0.2, 0) is 17.9 Å². The molecule has 1 aromatic carbocycles. The van der Waals surface area contributed by atoms with Crippen LogP contribution in [0.25, 0.3) is 0 Å². The number of hydrogen-bond acceptors (Lipinski definition) is 5. The molecular weight excluding hydrogens is 406 g/mol. The lowest BCUT2D eigenvalue weighted by Gasteiger charge is -2.17. The smallest absolute Gasteiger partial charge is 0.273 e. The molecule has 2 heterocycles. The van der Waals surface area contributed by atoms with Crippen LogP contribution >= 0.6 is 0 Å². The molecule has 4 rings (SSSR count). The number of ether oxygens (including phenoxy) is 1. The Balaban J connectivity index is 1.22. The van der Waals surface area contributed by atoms with Crippen LogP contribution in [0.1, 0.15) is 61.5 Å². The molecule has 1 aliphatic carbocycles. The highest BCUT2D eigenvalue weighted by atomic mass is 16.5. The van der Waals surface area contributed by atoms with Crippen molar-refractivity contribution in [2.24, 2.45) is 11.8 Å². The Labute approximate surface area is 189 Å². The molecule has 1 saturated heterocycles. The topological polar surface area (TPSA) is 89.3 Å². The zero-order valence-electron chi connectivity index (χ0n) is 18.8. The first kappa shape index (κ1) is 22.3. The van der Waals surface area contributed by atoms with Crippen molar-refractivity contribution in [1.29, 1.82) is 0 Å². The Morgan fingerprint density at radius 2 is 1.97 bits per heavy atom. The normalized spacial score (nSPS) is 19.0. The lowest BCUT2D eigenvalue weighted by Crippen LogP contribution is -2.31. The first-order valence-corrected chi connectivity index (χ1v) is 11.8. The van der Waals surface area contributed by atoms with E-state index < -0.39 is 0 Å². The van der Waals surface area contributed by atoms with E-state index in [1.807, 2.05) is 29.2 Å². The fraction of sp³-hybridized carbons (Fsp3) is 0.583. The number of amides is 2. The number of benzene rings is 1. The summed E-state index contributed by atoms with van der Waals surface area (Å²) in [6.45, 7) is 5.29. The minimum atomic E-state index is -0.226. The highest BCUT2D eigenvalue weighted by Crippen LogP contribution is 2.26. The van der Waals surface area contributed by atoms with E-state index in [0.717, 1.165) is 24.3 Å². The summed E-state index contributed by atoms with van der Waals surface area (Å²) in [5.74, 6) is 1.49. The molecule has 8 nitrogen and oxygen atoms in total. The van der Waals surface area contributed by atoms with E-state index in [4.69, 9.17) is 4.74 Å². The van der Waals surface area contributed by atoms with Gasteiger partial charge in [0.05, 0.1) is 12.8 Å². The van der Waals surface area contributed by atoms with Crippen LogP contribution in [0, 0.1) is 11.8 Å². The zero-order valence-corrected chi connectivity index (χ0v) is 18.8. The Bertz CT molecular complexity index is 905. The maximum Gasteiger partial charge on any atom is 0.273 e. The number of carbonyl (C=O) groups is 2. The summed E-state index contributed by atoms with van der Waals surface area (Å²) >= 11 is 0. The summed E-state index contributed by atoms with van der Waals surface area (Å²) < 4.78 is 7.39. The maximum absolute atomic E-state index is 12.5. The number of carbonyl (C=O) groups excluding carboxylic acids is 2. The van der Waals surface area contributed by atoms with E-state index >= 15 is 0 Å². The molecule has 32 heavy (non-hydrogen) atoms. The Morgan fingerprint density at radius 1 is 1.19 bits per heavy atom. The van der Waals surface area contributed by atoms with Crippen LogP contribution in [0.5, 0.6) is 5.75 Å². The predicted molar refractivity (Wildman–Crippen MR) is 120 cm³/mol. The van der Waals surface area contributed by atoms with Crippen molar-refractivity contribution in [3.05, 3.63) is 41.7 Å². The molecule has 2 aromatic rings. The second kappa shape index (κ2) is 10.6. The summed E-state index contributed by atoms with van der Waals surface area (Å²) in [5, 5.41) is 11.1. The molecule has 2 aliphatic rings. The van der Waals surface area contributed by atoms with Crippen molar-refractivity contribution >= 4 is 11.8 Å². The van der Waals surface area contributed by atoms with Gasteiger partial charge in [0, 0.05) is 38.5 Å². The second-order valence-electron chi connectivity index (χ2n) is 9.02. The van der Waals surface area contributed by atoms with Gasteiger partial charge >= 0.3 is 0 Å². The maximum atomic E-state index is 12.5. The van der Waals surface area contributed by atoms with Gasteiger partial charge in [-0.15, -0.1) is 5.10 Å². The minimum absolute atomic E-state index is 0.104. The molecule has 0 radical (unpaired) electrons. The molecule has 2 amide bonds. The quantitative estimate of drug-likeness (QED) is 0.615. The average molecular weight is 440 g/mol. The average Bonchev–Trinajstić information content (AvgIpc) is 3.55. The Morgan fingerprint density at radius 3 is 2.72 bits per heavy atom. The summed E-state index contributed by atoms with van der Waals surface area (Å²) in [6.07, 6.45) is 8.17. The van der Waals surface area contributed by atoms with Gasteiger partial charge in [0.1, 0.15) is 5.75 Å². The third-order valence-corrected chi connectivity index (χ3v) is 6.31. The number of nitrogens with zero attached hydrogens (tertiary/aromatic N) is 4. The molecular formula is C24H33N5O3. The van der Waals surface area contributed by atoms with E-state index in [-0.39, 0.29) is 17.7 Å². The lowest BCUT2D eigenvalue weighted by molar-refractivity contribution is -0.128. The van der Waals surface area contributed by atoms with Crippen LogP contribution < -0.4 is 10.1 Å². The van der Waals surface area contributed by atoms with Gasteiger partial charge in [-0.2, -0.15) is 0 Å².